The van der Waals surface area contributed by atoms with Crippen LogP contribution in [0.2, 0.25) is 0 Å². The van der Waals surface area contributed by atoms with Gasteiger partial charge in [-0.3, -0.25) is 0 Å². The van der Waals surface area contributed by atoms with E-state index in [4.69, 9.17) is 4.74 Å². The summed E-state index contributed by atoms with van der Waals surface area (Å²) in [6.45, 7) is 6.10. The summed E-state index contributed by atoms with van der Waals surface area (Å²) in [6, 6.07) is 0.408. The minimum Gasteiger partial charge on any atom is -0.464 e. The Morgan fingerprint density at radius 3 is 2.85 bits per heavy atom. The summed E-state index contributed by atoms with van der Waals surface area (Å²) in [7, 11) is 0. The Morgan fingerprint density at radius 2 is 2.15 bits per heavy atom. The standard InChI is InChI=1S/C13H23N5O2/c1-3-14-11-15-12(17-13(16-11)20-4-2)18-8-6-5-7-10(18)9-19/h10,19H,3-9H2,1-2H3,(H,14,15,16,17). The van der Waals surface area contributed by atoms with E-state index >= 15 is 0 Å². The summed E-state index contributed by atoms with van der Waals surface area (Å²) in [5, 5.41) is 12.6. The van der Waals surface area contributed by atoms with Gasteiger partial charge in [-0.2, -0.15) is 15.0 Å². The van der Waals surface area contributed by atoms with E-state index in [-0.39, 0.29) is 12.6 Å². The molecule has 2 rings (SSSR count). The van der Waals surface area contributed by atoms with Crippen LogP contribution < -0.4 is 15.0 Å². The minimum absolute atomic E-state index is 0.0788. The molecule has 1 aliphatic rings. The molecule has 0 aromatic carbocycles. The number of nitrogens with zero attached hydrogens (tertiary/aromatic N) is 4. The van der Waals surface area contributed by atoms with E-state index in [1.807, 2.05) is 13.8 Å². The second-order valence-corrected chi connectivity index (χ2v) is 4.73. The van der Waals surface area contributed by atoms with Crippen molar-refractivity contribution in [2.45, 2.75) is 39.2 Å². The molecule has 20 heavy (non-hydrogen) atoms. The SMILES string of the molecule is CCNc1nc(OCC)nc(N2CCCCC2CO)n1. The Hall–Kier alpha value is -1.63. The molecular formula is C13H23N5O2. The zero-order valence-corrected chi connectivity index (χ0v) is 12.2. The van der Waals surface area contributed by atoms with E-state index in [0.717, 1.165) is 32.4 Å². The Bertz CT molecular complexity index is 405. The number of nitrogens with one attached hydrogen (secondary N) is 1. The highest BCUT2D eigenvalue weighted by Gasteiger charge is 2.25. The molecule has 2 heterocycles. The van der Waals surface area contributed by atoms with Crippen LogP contribution in [0.3, 0.4) is 0 Å². The molecule has 0 amide bonds. The van der Waals surface area contributed by atoms with Crippen molar-refractivity contribution in [3.05, 3.63) is 0 Å². The van der Waals surface area contributed by atoms with Crippen LogP contribution >= 0.6 is 0 Å². The van der Waals surface area contributed by atoms with E-state index in [2.05, 4.69) is 25.2 Å². The first-order valence-corrected chi connectivity index (χ1v) is 7.28. The summed E-state index contributed by atoms with van der Waals surface area (Å²) < 4.78 is 5.40. The Morgan fingerprint density at radius 1 is 1.30 bits per heavy atom. The van der Waals surface area contributed by atoms with Crippen molar-refractivity contribution in [2.24, 2.45) is 0 Å². The quantitative estimate of drug-likeness (QED) is 0.806. The Balaban J connectivity index is 2.27. The molecule has 0 aliphatic carbocycles. The van der Waals surface area contributed by atoms with Crippen LogP contribution in [0.5, 0.6) is 6.01 Å². The third kappa shape index (κ3) is 3.47. The van der Waals surface area contributed by atoms with Gasteiger partial charge >= 0.3 is 6.01 Å². The average molecular weight is 281 g/mol. The fourth-order valence-corrected chi connectivity index (χ4v) is 2.36. The van der Waals surface area contributed by atoms with Gasteiger partial charge in [0.1, 0.15) is 0 Å². The number of aliphatic hydroxyl groups excluding tert-OH is 1. The molecule has 0 bridgehead atoms. The molecule has 7 nitrogen and oxygen atoms in total. The number of ether oxygens (including phenoxy) is 1. The zero-order valence-electron chi connectivity index (χ0n) is 12.2. The molecule has 1 fully saturated rings. The molecule has 1 aliphatic heterocycles. The predicted molar refractivity (Wildman–Crippen MR) is 77.2 cm³/mol. The van der Waals surface area contributed by atoms with Gasteiger partial charge in [0.15, 0.2) is 0 Å². The summed E-state index contributed by atoms with van der Waals surface area (Å²) in [5.41, 5.74) is 0. The second kappa shape index (κ2) is 7.23. The molecule has 0 saturated carbocycles. The molecule has 0 radical (unpaired) electrons. The van der Waals surface area contributed by atoms with Crippen LogP contribution in [0.4, 0.5) is 11.9 Å². The summed E-state index contributed by atoms with van der Waals surface area (Å²) >= 11 is 0. The summed E-state index contributed by atoms with van der Waals surface area (Å²) in [4.78, 5) is 15.1. The van der Waals surface area contributed by atoms with E-state index in [1.54, 1.807) is 0 Å². The molecule has 7 heteroatoms. The summed E-state index contributed by atoms with van der Waals surface area (Å²) in [5.74, 6) is 1.10. The fourth-order valence-electron chi connectivity index (χ4n) is 2.36. The molecule has 1 atom stereocenters. The lowest BCUT2D eigenvalue weighted by Crippen LogP contribution is -2.43. The van der Waals surface area contributed by atoms with Gasteiger partial charge in [-0.25, -0.2) is 0 Å². The van der Waals surface area contributed by atoms with Crippen LogP contribution in [0.25, 0.3) is 0 Å². The van der Waals surface area contributed by atoms with Crippen LogP contribution in [-0.4, -0.2) is 52.4 Å². The second-order valence-electron chi connectivity index (χ2n) is 4.73. The molecule has 0 spiro atoms. The van der Waals surface area contributed by atoms with Gasteiger partial charge in [0.05, 0.1) is 19.3 Å². The topological polar surface area (TPSA) is 83.4 Å². The van der Waals surface area contributed by atoms with Gasteiger partial charge in [-0.1, -0.05) is 0 Å². The minimum atomic E-state index is 0.0788. The maximum Gasteiger partial charge on any atom is 0.323 e. The van der Waals surface area contributed by atoms with Crippen LogP contribution in [0, 0.1) is 0 Å². The highest BCUT2D eigenvalue weighted by atomic mass is 16.5. The largest absolute Gasteiger partial charge is 0.464 e. The highest BCUT2D eigenvalue weighted by Crippen LogP contribution is 2.23. The van der Waals surface area contributed by atoms with E-state index in [1.165, 1.54) is 0 Å². The van der Waals surface area contributed by atoms with Crippen LogP contribution in [0.15, 0.2) is 0 Å². The number of hydrogen-bond donors (Lipinski definition) is 2. The molecule has 2 N–H and O–H groups in total. The van der Waals surface area contributed by atoms with E-state index in [9.17, 15) is 5.11 Å². The molecule has 112 valence electrons. The lowest BCUT2D eigenvalue weighted by atomic mass is 10.0. The maximum absolute atomic E-state index is 9.51. The number of piperidine rings is 1. The van der Waals surface area contributed by atoms with Gasteiger partial charge in [-0.05, 0) is 33.1 Å². The monoisotopic (exact) mass is 281 g/mol. The van der Waals surface area contributed by atoms with Gasteiger partial charge in [0.2, 0.25) is 11.9 Å². The third-order valence-electron chi connectivity index (χ3n) is 3.31. The van der Waals surface area contributed by atoms with Crippen molar-refractivity contribution in [3.63, 3.8) is 0 Å². The van der Waals surface area contributed by atoms with Crippen molar-refractivity contribution in [3.8, 4) is 6.01 Å². The maximum atomic E-state index is 9.51. The lowest BCUT2D eigenvalue weighted by molar-refractivity contribution is 0.238. The fraction of sp³-hybridized carbons (Fsp3) is 0.769. The van der Waals surface area contributed by atoms with Gasteiger partial charge in [-0.15, -0.1) is 0 Å². The number of anilines is 2. The average Bonchev–Trinajstić information content (AvgIpc) is 2.47. The summed E-state index contributed by atoms with van der Waals surface area (Å²) in [6.07, 6.45) is 3.18. The van der Waals surface area contributed by atoms with Crippen molar-refractivity contribution >= 4 is 11.9 Å². The highest BCUT2D eigenvalue weighted by molar-refractivity contribution is 5.39. The Labute approximate surface area is 119 Å². The van der Waals surface area contributed by atoms with Gasteiger partial charge in [0, 0.05) is 13.1 Å². The molecular weight excluding hydrogens is 258 g/mol. The zero-order chi connectivity index (χ0) is 14.4. The molecule has 1 aromatic rings. The first-order chi connectivity index (χ1) is 9.78. The Kier molecular flexibility index (Phi) is 5.34. The molecule has 1 saturated heterocycles. The van der Waals surface area contributed by atoms with Gasteiger partial charge in [0.25, 0.3) is 0 Å². The number of aromatic nitrogens is 3. The third-order valence-corrected chi connectivity index (χ3v) is 3.31. The van der Waals surface area contributed by atoms with E-state index < -0.39 is 0 Å². The molecule has 1 unspecified atom stereocenters. The van der Waals surface area contributed by atoms with Crippen LogP contribution in [-0.2, 0) is 0 Å². The normalized spacial score (nSPS) is 18.9. The van der Waals surface area contributed by atoms with Crippen molar-refractivity contribution in [1.29, 1.82) is 0 Å². The van der Waals surface area contributed by atoms with E-state index in [0.29, 0.717) is 24.5 Å². The number of aliphatic hydroxyl groups is 1. The van der Waals surface area contributed by atoms with Crippen molar-refractivity contribution < 1.29 is 9.84 Å². The van der Waals surface area contributed by atoms with Crippen molar-refractivity contribution in [1.82, 2.24) is 15.0 Å². The number of rotatable bonds is 6. The lowest BCUT2D eigenvalue weighted by Gasteiger charge is -2.34. The molecule has 1 aromatic heterocycles. The first kappa shape index (κ1) is 14.8. The van der Waals surface area contributed by atoms with Crippen molar-refractivity contribution in [2.75, 3.05) is 36.5 Å². The predicted octanol–water partition coefficient (Wildman–Crippen LogP) is 1.05. The van der Waals surface area contributed by atoms with Gasteiger partial charge < -0.3 is 20.1 Å². The number of hydrogen-bond acceptors (Lipinski definition) is 7. The smallest absolute Gasteiger partial charge is 0.323 e. The van der Waals surface area contributed by atoms with Crippen LogP contribution in [0.1, 0.15) is 33.1 Å². The first-order valence-electron chi connectivity index (χ1n) is 7.28.